The van der Waals surface area contributed by atoms with E-state index in [2.05, 4.69) is 201 Å². The van der Waals surface area contributed by atoms with Gasteiger partial charge in [-0.1, -0.05) is 166 Å². The monoisotopic (exact) mass is 667 g/mol. The number of nitrogens with zero attached hydrogens (tertiary/aromatic N) is 1. The van der Waals surface area contributed by atoms with Crippen LogP contribution in [-0.2, 0) is 5.41 Å². The van der Waals surface area contributed by atoms with Crippen molar-refractivity contribution in [3.8, 4) is 33.8 Å². The van der Waals surface area contributed by atoms with Gasteiger partial charge in [-0.2, -0.15) is 0 Å². The minimum Gasteiger partial charge on any atom is -0.453 e. The summed E-state index contributed by atoms with van der Waals surface area (Å²) in [6.07, 6.45) is 0. The molecule has 8 aromatic carbocycles. The molecule has 2 nitrogen and oxygen atoms in total. The van der Waals surface area contributed by atoms with E-state index in [4.69, 9.17) is 4.74 Å². The normalized spacial score (nSPS) is 14.2. The minimum absolute atomic E-state index is 0.0339. The van der Waals surface area contributed by atoms with Crippen LogP contribution in [0.15, 0.2) is 182 Å². The quantitative estimate of drug-likeness (QED) is 0.169. The maximum atomic E-state index is 6.77. The van der Waals surface area contributed by atoms with Crippen LogP contribution in [0.25, 0.3) is 33.0 Å². The number of hydrogen-bond acceptors (Lipinski definition) is 2. The molecule has 248 valence electrons. The molecule has 1 unspecified atom stereocenters. The van der Waals surface area contributed by atoms with Crippen LogP contribution in [0.4, 0.5) is 17.1 Å². The lowest BCUT2D eigenvalue weighted by atomic mass is 9.67. The fourth-order valence-electron chi connectivity index (χ4n) is 8.71. The third-order valence-electron chi connectivity index (χ3n) is 11.2. The molecule has 2 aliphatic heterocycles. The number of benzene rings is 8. The van der Waals surface area contributed by atoms with Gasteiger partial charge >= 0.3 is 0 Å². The van der Waals surface area contributed by atoms with Gasteiger partial charge in [0, 0.05) is 11.3 Å². The van der Waals surface area contributed by atoms with Crippen LogP contribution in [0.1, 0.15) is 47.6 Å². The summed E-state index contributed by atoms with van der Waals surface area (Å²) in [7, 11) is 0. The van der Waals surface area contributed by atoms with E-state index in [1.807, 2.05) is 0 Å². The first kappa shape index (κ1) is 30.4. The second kappa shape index (κ2) is 11.9. The smallest absolute Gasteiger partial charge is 0.151 e. The average Bonchev–Trinajstić information content (AvgIpc) is 3.20. The highest BCUT2D eigenvalue weighted by Crippen LogP contribution is 2.62. The van der Waals surface area contributed by atoms with Gasteiger partial charge < -0.3 is 9.64 Å². The molecule has 0 saturated carbocycles. The lowest BCUT2D eigenvalue weighted by molar-refractivity contribution is 0.470. The van der Waals surface area contributed by atoms with Gasteiger partial charge in [0.05, 0.1) is 17.1 Å². The Balaban J connectivity index is 1.26. The molecule has 8 aromatic rings. The van der Waals surface area contributed by atoms with Gasteiger partial charge in [-0.05, 0) is 91.2 Å². The first-order chi connectivity index (χ1) is 25.6. The fraction of sp³-hybridized carbons (Fsp3) is 0.0800. The molecule has 0 bridgehead atoms. The summed E-state index contributed by atoms with van der Waals surface area (Å²) in [4.78, 5) is 2.46. The largest absolute Gasteiger partial charge is 0.453 e. The van der Waals surface area contributed by atoms with Crippen molar-refractivity contribution in [2.24, 2.45) is 0 Å². The third-order valence-corrected chi connectivity index (χ3v) is 11.2. The Morgan fingerprint density at radius 3 is 1.90 bits per heavy atom. The van der Waals surface area contributed by atoms with Crippen molar-refractivity contribution in [3.63, 3.8) is 0 Å². The highest BCUT2D eigenvalue weighted by atomic mass is 16.5. The van der Waals surface area contributed by atoms with E-state index in [0.29, 0.717) is 0 Å². The summed E-state index contributed by atoms with van der Waals surface area (Å²) < 4.78 is 6.77. The summed E-state index contributed by atoms with van der Waals surface area (Å²) in [5.74, 6) is 1.72. The van der Waals surface area contributed by atoms with Crippen LogP contribution >= 0.6 is 0 Å². The van der Waals surface area contributed by atoms with Gasteiger partial charge in [0.25, 0.3) is 0 Å². The Hall–Kier alpha value is -6.38. The fourth-order valence-corrected chi connectivity index (χ4v) is 8.71. The first-order valence-electron chi connectivity index (χ1n) is 18.1. The number of rotatable bonds is 5. The molecule has 0 radical (unpaired) electrons. The zero-order chi connectivity index (χ0) is 34.8. The molecule has 10 rings (SSSR count). The van der Waals surface area contributed by atoms with E-state index in [0.717, 1.165) is 22.9 Å². The maximum absolute atomic E-state index is 6.77. The van der Waals surface area contributed by atoms with Crippen LogP contribution in [0.5, 0.6) is 11.5 Å². The Morgan fingerprint density at radius 1 is 0.481 bits per heavy atom. The summed E-state index contributed by atoms with van der Waals surface area (Å²) in [6.45, 7) is 4.80. The lowest BCUT2D eigenvalue weighted by Crippen LogP contribution is -2.34. The highest BCUT2D eigenvalue weighted by molar-refractivity contribution is 5.95. The number of fused-ring (bicyclic) bond motifs is 5. The highest BCUT2D eigenvalue weighted by Gasteiger charge is 2.44. The Kier molecular flexibility index (Phi) is 6.94. The summed E-state index contributed by atoms with van der Waals surface area (Å²) in [5, 5.41) is 2.51. The summed E-state index contributed by atoms with van der Waals surface area (Å²) in [6, 6.07) is 66.2. The molecule has 0 spiro atoms. The van der Waals surface area contributed by atoms with Crippen molar-refractivity contribution < 1.29 is 4.74 Å². The standard InChI is InChI=1S/C50H37NO/c1-50(2)42-32-38(34-16-7-4-8-17-34)28-30-43(42)51-44-22-11-12-23-45(44)52-46-31-29-41(48(50)49(46)51)47(40-21-13-19-36-18-9-10-20-39(36)40)37-26-24-35(25-27-37)33-14-5-3-6-15-33/h3-32,47H,1-2H3. The van der Waals surface area contributed by atoms with Gasteiger partial charge in [-0.3, -0.25) is 0 Å². The molecule has 1 atom stereocenters. The van der Waals surface area contributed by atoms with Gasteiger partial charge in [0.1, 0.15) is 0 Å². The van der Waals surface area contributed by atoms with Gasteiger partial charge in [0.2, 0.25) is 0 Å². The third kappa shape index (κ3) is 4.72. The van der Waals surface area contributed by atoms with Crippen molar-refractivity contribution in [2.45, 2.75) is 25.2 Å². The zero-order valence-corrected chi connectivity index (χ0v) is 29.3. The summed E-state index contributed by atoms with van der Waals surface area (Å²) in [5.41, 5.74) is 14.3. The molecular formula is C50H37NO. The molecule has 0 fully saturated rings. The van der Waals surface area contributed by atoms with E-state index in [9.17, 15) is 0 Å². The maximum Gasteiger partial charge on any atom is 0.151 e. The average molecular weight is 668 g/mol. The van der Waals surface area contributed by atoms with Crippen LogP contribution in [0, 0.1) is 0 Å². The predicted octanol–water partition coefficient (Wildman–Crippen LogP) is 13.6. The van der Waals surface area contributed by atoms with E-state index in [1.165, 1.54) is 66.5 Å². The number of ether oxygens (including phenoxy) is 1. The van der Waals surface area contributed by atoms with Crippen LogP contribution in [0.3, 0.4) is 0 Å². The van der Waals surface area contributed by atoms with Crippen LogP contribution < -0.4 is 9.64 Å². The molecule has 0 N–H and O–H groups in total. The summed E-state index contributed by atoms with van der Waals surface area (Å²) >= 11 is 0. The Bertz CT molecular complexity index is 2620. The lowest BCUT2D eigenvalue weighted by Gasteiger charge is -2.46. The van der Waals surface area contributed by atoms with E-state index < -0.39 is 0 Å². The predicted molar refractivity (Wildman–Crippen MR) is 216 cm³/mol. The van der Waals surface area contributed by atoms with E-state index in [-0.39, 0.29) is 11.3 Å². The minimum atomic E-state index is -0.361. The molecule has 0 aliphatic carbocycles. The van der Waals surface area contributed by atoms with Crippen molar-refractivity contribution >= 4 is 27.8 Å². The molecule has 2 aliphatic rings. The van der Waals surface area contributed by atoms with Crippen LogP contribution in [0.2, 0.25) is 0 Å². The van der Waals surface area contributed by atoms with Gasteiger partial charge in [0.15, 0.2) is 11.5 Å². The number of para-hydroxylation sites is 2. The molecule has 52 heavy (non-hydrogen) atoms. The second-order valence-corrected chi connectivity index (χ2v) is 14.5. The SMILES string of the molecule is CC1(C)c2cc(-c3ccccc3)ccc2N2c3ccccc3Oc3ccc(C(c4ccc(-c5ccccc5)cc4)c4cccc5ccccc45)c1c32. The molecule has 0 aromatic heterocycles. The molecule has 0 amide bonds. The van der Waals surface area contributed by atoms with Gasteiger partial charge in [-0.25, -0.2) is 0 Å². The van der Waals surface area contributed by atoms with Crippen molar-refractivity contribution in [3.05, 3.63) is 210 Å². The van der Waals surface area contributed by atoms with Crippen molar-refractivity contribution in [2.75, 3.05) is 4.90 Å². The topological polar surface area (TPSA) is 12.5 Å². The van der Waals surface area contributed by atoms with Gasteiger partial charge in [-0.15, -0.1) is 0 Å². The van der Waals surface area contributed by atoms with Crippen LogP contribution in [-0.4, -0.2) is 0 Å². The van der Waals surface area contributed by atoms with E-state index in [1.54, 1.807) is 0 Å². The molecule has 0 saturated heterocycles. The van der Waals surface area contributed by atoms with Crippen molar-refractivity contribution in [1.82, 2.24) is 0 Å². The molecule has 2 heteroatoms. The number of hydrogen-bond donors (Lipinski definition) is 0. The van der Waals surface area contributed by atoms with Crippen molar-refractivity contribution in [1.29, 1.82) is 0 Å². The van der Waals surface area contributed by atoms with E-state index >= 15 is 0 Å². The Morgan fingerprint density at radius 2 is 1.12 bits per heavy atom. The Labute approximate surface area is 305 Å². The molecule has 2 heterocycles. The second-order valence-electron chi connectivity index (χ2n) is 14.5. The number of anilines is 3. The first-order valence-corrected chi connectivity index (χ1v) is 18.1. The molecular weight excluding hydrogens is 631 g/mol. The zero-order valence-electron chi connectivity index (χ0n) is 29.3.